The largest absolute Gasteiger partial charge is 0.205 e. The highest BCUT2D eigenvalue weighted by atomic mass is 14.9. The number of nitrogens with zero attached hydrogens (tertiary/aromatic N) is 1. The molecule has 1 aliphatic carbocycles. The van der Waals surface area contributed by atoms with Crippen molar-refractivity contribution < 1.29 is 4.57 Å². The summed E-state index contributed by atoms with van der Waals surface area (Å²) in [4.78, 5) is 0. The maximum absolute atomic E-state index is 2.26. The Balaban J connectivity index is 2.63. The molecule has 1 aromatic rings. The van der Waals surface area contributed by atoms with Crippen molar-refractivity contribution in [3.63, 3.8) is 0 Å². The predicted octanol–water partition coefficient (Wildman–Crippen LogP) is 1.39. The first kappa shape index (κ1) is 6.59. The fourth-order valence-electron chi connectivity index (χ4n) is 1.47. The van der Waals surface area contributed by atoms with E-state index in [4.69, 9.17) is 0 Å². The van der Waals surface area contributed by atoms with Gasteiger partial charge in [0.15, 0.2) is 11.9 Å². The van der Waals surface area contributed by atoms with Crippen LogP contribution in [0.4, 0.5) is 0 Å². The molecule has 0 aliphatic heterocycles. The second-order valence-electron chi connectivity index (χ2n) is 3.11. The Morgan fingerprint density at radius 3 is 3.09 bits per heavy atom. The van der Waals surface area contributed by atoms with Gasteiger partial charge in [-0.3, -0.25) is 0 Å². The van der Waals surface area contributed by atoms with Crippen LogP contribution >= 0.6 is 0 Å². The number of fused-ring (bicyclic) bond motifs is 1. The molecule has 0 atom stereocenters. The number of pyridine rings is 1. The van der Waals surface area contributed by atoms with E-state index in [0.717, 1.165) is 6.42 Å². The summed E-state index contributed by atoms with van der Waals surface area (Å²) in [7, 11) is 2.09. The fraction of sp³-hybridized carbons (Fsp3) is 0.300. The highest BCUT2D eigenvalue weighted by Crippen LogP contribution is 2.17. The zero-order valence-electron chi connectivity index (χ0n) is 6.96. The Morgan fingerprint density at radius 2 is 2.27 bits per heavy atom. The van der Waals surface area contributed by atoms with E-state index in [1.165, 1.54) is 16.8 Å². The summed E-state index contributed by atoms with van der Waals surface area (Å²) in [5.41, 5.74) is 4.16. The minimum Gasteiger partial charge on any atom is -0.205 e. The molecule has 0 N–H and O–H groups in total. The molecule has 1 heteroatoms. The van der Waals surface area contributed by atoms with E-state index in [0.29, 0.717) is 0 Å². The van der Waals surface area contributed by atoms with Crippen LogP contribution in [0.5, 0.6) is 0 Å². The number of hydrogen-bond donors (Lipinski definition) is 0. The van der Waals surface area contributed by atoms with Crippen molar-refractivity contribution in [1.29, 1.82) is 0 Å². The quantitative estimate of drug-likeness (QED) is 0.487. The van der Waals surface area contributed by atoms with Gasteiger partial charge in [-0.1, -0.05) is 12.2 Å². The minimum absolute atomic E-state index is 1.11. The van der Waals surface area contributed by atoms with Crippen molar-refractivity contribution in [2.75, 3.05) is 0 Å². The second kappa shape index (κ2) is 2.19. The molecule has 0 amide bonds. The van der Waals surface area contributed by atoms with E-state index in [-0.39, 0.29) is 0 Å². The molecule has 0 spiro atoms. The number of aryl methyl sites for hydroxylation is 2. The average Bonchev–Trinajstić information content (AvgIpc) is 2.36. The van der Waals surface area contributed by atoms with Crippen LogP contribution < -0.4 is 4.57 Å². The Bertz CT molecular complexity index is 324. The van der Waals surface area contributed by atoms with Crippen molar-refractivity contribution in [2.24, 2.45) is 7.05 Å². The van der Waals surface area contributed by atoms with Crippen LogP contribution in [0.25, 0.3) is 6.08 Å². The maximum Gasteiger partial charge on any atom is 0.178 e. The molecule has 56 valence electrons. The second-order valence-corrected chi connectivity index (χ2v) is 3.11. The molecule has 0 saturated carbocycles. The lowest BCUT2D eigenvalue weighted by Gasteiger charge is -1.98. The maximum atomic E-state index is 2.26. The first-order chi connectivity index (χ1) is 5.27. The SMILES string of the molecule is Cc1cc2c(c[n+]1C)C=CC2. The van der Waals surface area contributed by atoms with Crippen LogP contribution in [0, 0.1) is 6.92 Å². The summed E-state index contributed by atoms with van der Waals surface area (Å²) in [6, 6.07) is 2.26. The fourth-order valence-corrected chi connectivity index (χ4v) is 1.47. The summed E-state index contributed by atoms with van der Waals surface area (Å²) in [6.07, 6.45) is 7.70. The summed E-state index contributed by atoms with van der Waals surface area (Å²) in [5.74, 6) is 0. The Kier molecular flexibility index (Phi) is 1.31. The zero-order chi connectivity index (χ0) is 7.84. The van der Waals surface area contributed by atoms with Crippen molar-refractivity contribution in [1.82, 2.24) is 0 Å². The smallest absolute Gasteiger partial charge is 0.178 e. The van der Waals surface area contributed by atoms with Gasteiger partial charge in [0.2, 0.25) is 0 Å². The molecule has 1 aromatic heterocycles. The molecule has 0 radical (unpaired) electrons. The minimum atomic E-state index is 1.11. The third-order valence-electron chi connectivity index (χ3n) is 2.28. The van der Waals surface area contributed by atoms with Crippen LogP contribution in [0.15, 0.2) is 18.3 Å². The molecular formula is C10H12N+. The lowest BCUT2D eigenvalue weighted by Crippen LogP contribution is -2.31. The molecule has 0 aromatic carbocycles. The number of aromatic nitrogens is 1. The van der Waals surface area contributed by atoms with Crippen LogP contribution in [0.1, 0.15) is 16.8 Å². The van der Waals surface area contributed by atoms with Gasteiger partial charge in [0.1, 0.15) is 7.05 Å². The van der Waals surface area contributed by atoms with E-state index in [1.54, 1.807) is 0 Å². The molecule has 11 heavy (non-hydrogen) atoms. The van der Waals surface area contributed by atoms with E-state index >= 15 is 0 Å². The molecule has 0 unspecified atom stereocenters. The van der Waals surface area contributed by atoms with Gasteiger partial charge in [0, 0.05) is 18.6 Å². The van der Waals surface area contributed by atoms with Crippen molar-refractivity contribution in [2.45, 2.75) is 13.3 Å². The third kappa shape index (κ3) is 0.967. The van der Waals surface area contributed by atoms with Gasteiger partial charge in [0.05, 0.1) is 0 Å². The normalized spacial score (nSPS) is 13.6. The van der Waals surface area contributed by atoms with Crippen molar-refractivity contribution in [3.8, 4) is 0 Å². The summed E-state index contributed by atoms with van der Waals surface area (Å²) in [5, 5.41) is 0. The molecular weight excluding hydrogens is 134 g/mol. The summed E-state index contributed by atoms with van der Waals surface area (Å²) < 4.78 is 2.16. The average molecular weight is 146 g/mol. The van der Waals surface area contributed by atoms with Gasteiger partial charge in [-0.05, 0) is 12.0 Å². The molecule has 1 nitrogen and oxygen atoms in total. The molecule has 0 fully saturated rings. The monoisotopic (exact) mass is 146 g/mol. The Morgan fingerprint density at radius 1 is 1.45 bits per heavy atom. The Labute approximate surface area is 67.0 Å². The standard InChI is InChI=1S/C10H12N/c1-8-6-9-4-3-5-10(9)7-11(8)2/h3,5-7H,4H2,1-2H3/q+1. The lowest BCUT2D eigenvalue weighted by molar-refractivity contribution is -0.677. The van der Waals surface area contributed by atoms with Gasteiger partial charge in [-0.15, -0.1) is 0 Å². The lowest BCUT2D eigenvalue weighted by atomic mass is 10.1. The van der Waals surface area contributed by atoms with Crippen molar-refractivity contribution >= 4 is 6.08 Å². The topological polar surface area (TPSA) is 3.88 Å². The van der Waals surface area contributed by atoms with E-state index in [2.05, 4.69) is 43.0 Å². The van der Waals surface area contributed by atoms with Crippen LogP contribution in [-0.4, -0.2) is 0 Å². The highest BCUT2D eigenvalue weighted by molar-refractivity contribution is 5.57. The van der Waals surface area contributed by atoms with Crippen LogP contribution in [-0.2, 0) is 13.5 Å². The highest BCUT2D eigenvalue weighted by Gasteiger charge is 2.10. The molecule has 1 heterocycles. The van der Waals surface area contributed by atoms with Gasteiger partial charge in [-0.2, -0.15) is 0 Å². The van der Waals surface area contributed by atoms with Gasteiger partial charge in [-0.25, -0.2) is 4.57 Å². The van der Waals surface area contributed by atoms with Gasteiger partial charge < -0.3 is 0 Å². The van der Waals surface area contributed by atoms with E-state index < -0.39 is 0 Å². The van der Waals surface area contributed by atoms with E-state index in [1.807, 2.05) is 0 Å². The molecule has 2 rings (SSSR count). The van der Waals surface area contributed by atoms with Crippen LogP contribution in [0.3, 0.4) is 0 Å². The molecule has 1 aliphatic rings. The van der Waals surface area contributed by atoms with Gasteiger partial charge in [0.25, 0.3) is 0 Å². The first-order valence-electron chi connectivity index (χ1n) is 3.93. The number of allylic oxidation sites excluding steroid dienone is 1. The van der Waals surface area contributed by atoms with Gasteiger partial charge >= 0.3 is 0 Å². The van der Waals surface area contributed by atoms with Crippen molar-refractivity contribution in [3.05, 3.63) is 35.2 Å². The van der Waals surface area contributed by atoms with Crippen LogP contribution in [0.2, 0.25) is 0 Å². The predicted molar refractivity (Wildman–Crippen MR) is 45.1 cm³/mol. The summed E-state index contributed by atoms with van der Waals surface area (Å²) in [6.45, 7) is 2.14. The molecule has 0 saturated heterocycles. The number of hydrogen-bond acceptors (Lipinski definition) is 0. The molecule has 0 bridgehead atoms. The summed E-state index contributed by atoms with van der Waals surface area (Å²) >= 11 is 0. The Hall–Kier alpha value is -1.11. The van der Waals surface area contributed by atoms with E-state index in [9.17, 15) is 0 Å². The third-order valence-corrected chi connectivity index (χ3v) is 2.28. The number of rotatable bonds is 0. The zero-order valence-corrected chi connectivity index (χ0v) is 6.96. The first-order valence-corrected chi connectivity index (χ1v) is 3.93.